The maximum Gasteiger partial charge on any atom is 0.260 e. The minimum atomic E-state index is 0.0568. The van der Waals surface area contributed by atoms with Crippen LogP contribution in [0.15, 0.2) is 41.8 Å². The molecule has 2 heterocycles. The summed E-state index contributed by atoms with van der Waals surface area (Å²) in [6.07, 6.45) is 1.000. The summed E-state index contributed by atoms with van der Waals surface area (Å²) in [5, 5.41) is 2.62. The largest absolute Gasteiger partial charge is 0.494 e. The number of thioether (sulfide) groups is 1. The first-order valence-corrected chi connectivity index (χ1v) is 10.5. The predicted octanol–water partition coefficient (Wildman–Crippen LogP) is 4.23. The quantitative estimate of drug-likeness (QED) is 0.755. The fraction of sp³-hybridized carbons (Fsp3) is 0.421. The van der Waals surface area contributed by atoms with E-state index < -0.39 is 0 Å². The number of hydrogen-bond acceptors (Lipinski definition) is 5. The van der Waals surface area contributed by atoms with Gasteiger partial charge in [-0.05, 0) is 49.1 Å². The van der Waals surface area contributed by atoms with Crippen LogP contribution >= 0.6 is 23.1 Å². The number of thiophene rings is 1. The van der Waals surface area contributed by atoms with Crippen molar-refractivity contribution in [3.05, 3.63) is 46.7 Å². The lowest BCUT2D eigenvalue weighted by molar-refractivity contribution is -0.133. The first kappa shape index (κ1) is 18.1. The average molecular weight is 378 g/mol. The molecule has 1 saturated heterocycles. The molecule has 134 valence electrons. The summed E-state index contributed by atoms with van der Waals surface area (Å²) in [6.45, 7) is 4.26. The summed E-state index contributed by atoms with van der Waals surface area (Å²) < 4.78 is 11.0. The third-order valence-corrected chi connectivity index (χ3v) is 6.50. The maximum absolute atomic E-state index is 12.5. The minimum absolute atomic E-state index is 0.0568. The SMILES string of the molecule is CCOc1ccc(OCC(=O)N2CCSC(c3cccs3)CC2)cc1. The molecule has 0 radical (unpaired) electrons. The molecule has 1 fully saturated rings. The zero-order chi connectivity index (χ0) is 17.5. The van der Waals surface area contributed by atoms with E-state index in [0.29, 0.717) is 17.6 Å². The molecule has 3 rings (SSSR count). The van der Waals surface area contributed by atoms with Crippen LogP contribution in [0.5, 0.6) is 11.5 Å². The highest BCUT2D eigenvalue weighted by Crippen LogP contribution is 2.36. The van der Waals surface area contributed by atoms with Crippen LogP contribution in [-0.2, 0) is 4.79 Å². The molecule has 1 amide bonds. The van der Waals surface area contributed by atoms with Crippen molar-refractivity contribution < 1.29 is 14.3 Å². The Morgan fingerprint density at radius 3 is 2.60 bits per heavy atom. The van der Waals surface area contributed by atoms with E-state index in [1.807, 2.05) is 47.9 Å². The molecule has 1 aromatic heterocycles. The van der Waals surface area contributed by atoms with Crippen molar-refractivity contribution in [1.29, 1.82) is 0 Å². The van der Waals surface area contributed by atoms with Crippen molar-refractivity contribution in [2.24, 2.45) is 0 Å². The van der Waals surface area contributed by atoms with Gasteiger partial charge in [0, 0.05) is 29.0 Å². The molecule has 0 aliphatic carbocycles. The molecule has 1 unspecified atom stereocenters. The topological polar surface area (TPSA) is 38.8 Å². The fourth-order valence-corrected chi connectivity index (χ4v) is 4.99. The van der Waals surface area contributed by atoms with Gasteiger partial charge in [0.2, 0.25) is 0 Å². The summed E-state index contributed by atoms with van der Waals surface area (Å²) in [7, 11) is 0. The first-order chi connectivity index (χ1) is 12.3. The van der Waals surface area contributed by atoms with Crippen molar-refractivity contribution in [3.8, 4) is 11.5 Å². The Hall–Kier alpha value is -1.66. The van der Waals surface area contributed by atoms with Gasteiger partial charge < -0.3 is 14.4 Å². The van der Waals surface area contributed by atoms with E-state index in [1.54, 1.807) is 11.3 Å². The summed E-state index contributed by atoms with van der Waals surface area (Å²) in [5.74, 6) is 2.53. The highest BCUT2D eigenvalue weighted by atomic mass is 32.2. The molecule has 0 N–H and O–H groups in total. The van der Waals surface area contributed by atoms with E-state index in [0.717, 1.165) is 31.0 Å². The van der Waals surface area contributed by atoms with E-state index in [4.69, 9.17) is 9.47 Å². The fourth-order valence-electron chi connectivity index (χ4n) is 2.76. The molecule has 0 bridgehead atoms. The highest BCUT2D eigenvalue weighted by Gasteiger charge is 2.22. The lowest BCUT2D eigenvalue weighted by Crippen LogP contribution is -2.36. The number of hydrogen-bond donors (Lipinski definition) is 0. The second kappa shape index (κ2) is 9.15. The number of ether oxygens (including phenoxy) is 2. The Morgan fingerprint density at radius 1 is 1.16 bits per heavy atom. The van der Waals surface area contributed by atoms with Crippen LogP contribution in [-0.4, -0.2) is 42.9 Å². The van der Waals surface area contributed by atoms with Gasteiger partial charge in [0.05, 0.1) is 6.61 Å². The molecule has 6 heteroatoms. The zero-order valence-corrected chi connectivity index (χ0v) is 16.0. The third-order valence-electron chi connectivity index (χ3n) is 4.05. The van der Waals surface area contributed by atoms with Crippen molar-refractivity contribution in [1.82, 2.24) is 4.90 Å². The Bertz CT molecular complexity index is 658. The third kappa shape index (κ3) is 5.16. The number of carbonyl (C=O) groups excluding carboxylic acids is 1. The van der Waals surface area contributed by atoms with Crippen molar-refractivity contribution >= 4 is 29.0 Å². The van der Waals surface area contributed by atoms with Gasteiger partial charge in [-0.2, -0.15) is 11.8 Å². The van der Waals surface area contributed by atoms with E-state index in [2.05, 4.69) is 17.5 Å². The normalized spacial score (nSPS) is 17.8. The van der Waals surface area contributed by atoms with Crippen molar-refractivity contribution in [3.63, 3.8) is 0 Å². The zero-order valence-electron chi connectivity index (χ0n) is 14.3. The Morgan fingerprint density at radius 2 is 1.92 bits per heavy atom. The number of benzene rings is 1. The molecule has 1 aliphatic rings. The summed E-state index contributed by atoms with van der Waals surface area (Å²) in [4.78, 5) is 15.8. The smallest absolute Gasteiger partial charge is 0.260 e. The van der Waals surface area contributed by atoms with Gasteiger partial charge in [-0.25, -0.2) is 0 Å². The molecule has 1 atom stereocenters. The van der Waals surface area contributed by atoms with Crippen molar-refractivity contribution in [2.75, 3.05) is 32.1 Å². The number of amides is 1. The van der Waals surface area contributed by atoms with E-state index in [-0.39, 0.29) is 12.5 Å². The van der Waals surface area contributed by atoms with E-state index in [1.165, 1.54) is 4.88 Å². The van der Waals surface area contributed by atoms with Crippen LogP contribution in [0.25, 0.3) is 0 Å². The summed E-state index contributed by atoms with van der Waals surface area (Å²) in [5.41, 5.74) is 0. The van der Waals surface area contributed by atoms with Gasteiger partial charge in [0.15, 0.2) is 6.61 Å². The van der Waals surface area contributed by atoms with Gasteiger partial charge in [-0.15, -0.1) is 11.3 Å². The molecule has 0 spiro atoms. The van der Waals surface area contributed by atoms with Gasteiger partial charge in [0.25, 0.3) is 5.91 Å². The van der Waals surface area contributed by atoms with Crippen LogP contribution in [0.2, 0.25) is 0 Å². The minimum Gasteiger partial charge on any atom is -0.494 e. The second-order valence-corrected chi connectivity index (χ2v) is 8.03. The maximum atomic E-state index is 12.5. The van der Waals surface area contributed by atoms with Crippen LogP contribution in [0.3, 0.4) is 0 Å². The van der Waals surface area contributed by atoms with Crippen LogP contribution in [0.4, 0.5) is 0 Å². The summed E-state index contributed by atoms with van der Waals surface area (Å²) >= 11 is 3.75. The predicted molar refractivity (Wildman–Crippen MR) is 104 cm³/mol. The molecule has 4 nitrogen and oxygen atoms in total. The van der Waals surface area contributed by atoms with Crippen LogP contribution < -0.4 is 9.47 Å². The summed E-state index contributed by atoms with van der Waals surface area (Å²) in [6, 6.07) is 11.7. The molecule has 1 aromatic carbocycles. The Kier molecular flexibility index (Phi) is 6.64. The monoisotopic (exact) mass is 377 g/mol. The number of carbonyl (C=O) groups is 1. The van der Waals surface area contributed by atoms with E-state index >= 15 is 0 Å². The molecule has 1 aliphatic heterocycles. The van der Waals surface area contributed by atoms with Crippen molar-refractivity contribution in [2.45, 2.75) is 18.6 Å². The second-order valence-electron chi connectivity index (χ2n) is 5.74. The van der Waals surface area contributed by atoms with E-state index in [9.17, 15) is 4.79 Å². The molecule has 25 heavy (non-hydrogen) atoms. The molecule has 2 aromatic rings. The van der Waals surface area contributed by atoms with Gasteiger partial charge in [-0.1, -0.05) is 6.07 Å². The van der Waals surface area contributed by atoms with Gasteiger partial charge in [0.1, 0.15) is 11.5 Å². The molecule has 0 saturated carbocycles. The van der Waals surface area contributed by atoms with Crippen LogP contribution in [0, 0.1) is 0 Å². The highest BCUT2D eigenvalue weighted by molar-refractivity contribution is 7.99. The van der Waals surface area contributed by atoms with Crippen LogP contribution in [0.1, 0.15) is 23.5 Å². The van der Waals surface area contributed by atoms with Gasteiger partial charge >= 0.3 is 0 Å². The lowest BCUT2D eigenvalue weighted by atomic mass is 10.2. The molecular weight excluding hydrogens is 354 g/mol. The first-order valence-electron chi connectivity index (χ1n) is 8.54. The number of rotatable bonds is 6. The average Bonchev–Trinajstić information content (AvgIpc) is 3.06. The standard InChI is InChI=1S/C19H23NO3S2/c1-2-22-15-5-7-16(8-6-15)23-14-19(21)20-10-9-18(25-13-11-20)17-4-3-12-24-17/h3-8,12,18H,2,9-11,13-14H2,1H3. The lowest BCUT2D eigenvalue weighted by Gasteiger charge is -2.20. The van der Waals surface area contributed by atoms with Gasteiger partial charge in [-0.3, -0.25) is 4.79 Å². The Balaban J connectivity index is 1.48. The number of nitrogens with zero attached hydrogens (tertiary/aromatic N) is 1. The molecular formula is C19H23NO3S2. The Labute approximate surface area is 157 Å².